The number of rotatable bonds is 8. The predicted octanol–water partition coefficient (Wildman–Crippen LogP) is 2.08. The molecule has 0 radical (unpaired) electrons. The molecule has 2 rings (SSSR count). The molecule has 1 aromatic heterocycles. The van der Waals surface area contributed by atoms with Crippen molar-refractivity contribution < 1.29 is 4.79 Å². The second-order valence-corrected chi connectivity index (χ2v) is 6.53. The van der Waals surface area contributed by atoms with Gasteiger partial charge in [-0.2, -0.15) is 5.10 Å². The normalized spacial score (nSPS) is 14.3. The van der Waals surface area contributed by atoms with Crippen LogP contribution in [0.4, 0.5) is 0 Å². The summed E-state index contributed by atoms with van der Waals surface area (Å²) < 4.78 is 2.03. The molecule has 1 aromatic rings. The van der Waals surface area contributed by atoms with Crippen molar-refractivity contribution in [1.82, 2.24) is 25.3 Å². The monoisotopic (exact) mass is 476 g/mol. The second kappa shape index (κ2) is 12.1. The molecular weight excluding hydrogens is 443 g/mol. The van der Waals surface area contributed by atoms with E-state index in [-0.39, 0.29) is 29.9 Å². The van der Waals surface area contributed by atoms with E-state index in [4.69, 9.17) is 0 Å². The van der Waals surface area contributed by atoms with Gasteiger partial charge in [0.05, 0.1) is 5.69 Å². The van der Waals surface area contributed by atoms with Crippen LogP contribution in [0.25, 0.3) is 0 Å². The van der Waals surface area contributed by atoms with Crippen LogP contribution in [0.15, 0.2) is 11.1 Å². The number of hydrogen-bond donors (Lipinski definition) is 2. The Bertz CT molecular complexity index is 580. The SMILES string of the molecule is CCNC(=NCCCn1nc(C)cc1C)NCCC(=O)N1CCCC1.I. The van der Waals surface area contributed by atoms with Crippen molar-refractivity contribution in [3.8, 4) is 0 Å². The number of likely N-dealkylation sites (tertiary alicyclic amines) is 1. The van der Waals surface area contributed by atoms with Crippen LogP contribution in [0.1, 0.15) is 44.0 Å². The van der Waals surface area contributed by atoms with Gasteiger partial charge >= 0.3 is 0 Å². The van der Waals surface area contributed by atoms with Gasteiger partial charge in [-0.3, -0.25) is 14.5 Å². The van der Waals surface area contributed by atoms with Gasteiger partial charge in [-0.1, -0.05) is 0 Å². The number of amides is 1. The summed E-state index contributed by atoms with van der Waals surface area (Å²) in [5, 5.41) is 11.0. The summed E-state index contributed by atoms with van der Waals surface area (Å²) in [6, 6.07) is 2.09. The third-order valence-electron chi connectivity index (χ3n) is 4.34. The van der Waals surface area contributed by atoms with Gasteiger partial charge in [0, 0.05) is 51.4 Å². The molecule has 148 valence electrons. The third kappa shape index (κ3) is 7.51. The molecule has 0 atom stereocenters. The molecule has 1 amide bonds. The zero-order chi connectivity index (χ0) is 18.1. The largest absolute Gasteiger partial charge is 0.357 e. The smallest absolute Gasteiger partial charge is 0.224 e. The lowest BCUT2D eigenvalue weighted by molar-refractivity contribution is -0.129. The van der Waals surface area contributed by atoms with Gasteiger partial charge in [-0.25, -0.2) is 0 Å². The zero-order valence-corrected chi connectivity index (χ0v) is 18.6. The summed E-state index contributed by atoms with van der Waals surface area (Å²) in [5.41, 5.74) is 2.24. The first-order chi connectivity index (χ1) is 12.1. The number of nitrogens with one attached hydrogen (secondary N) is 2. The molecular formula is C18H33IN6O. The summed E-state index contributed by atoms with van der Waals surface area (Å²) >= 11 is 0. The van der Waals surface area contributed by atoms with E-state index >= 15 is 0 Å². The molecule has 2 N–H and O–H groups in total. The number of carbonyl (C=O) groups excluding carboxylic acids is 1. The van der Waals surface area contributed by atoms with Crippen LogP contribution >= 0.6 is 24.0 Å². The number of aryl methyl sites for hydroxylation is 3. The van der Waals surface area contributed by atoms with E-state index in [1.54, 1.807) is 0 Å². The predicted molar refractivity (Wildman–Crippen MR) is 116 cm³/mol. The Morgan fingerprint density at radius 1 is 1.27 bits per heavy atom. The lowest BCUT2D eigenvalue weighted by Gasteiger charge is -2.16. The van der Waals surface area contributed by atoms with E-state index in [1.165, 1.54) is 5.69 Å². The van der Waals surface area contributed by atoms with E-state index in [0.717, 1.165) is 63.6 Å². The molecule has 8 heteroatoms. The van der Waals surface area contributed by atoms with Crippen LogP contribution in [0.3, 0.4) is 0 Å². The highest BCUT2D eigenvalue weighted by molar-refractivity contribution is 14.0. The number of aromatic nitrogens is 2. The fourth-order valence-corrected chi connectivity index (χ4v) is 3.07. The van der Waals surface area contributed by atoms with Gasteiger partial charge < -0.3 is 15.5 Å². The molecule has 0 aromatic carbocycles. The highest BCUT2D eigenvalue weighted by atomic mass is 127. The molecule has 0 spiro atoms. The van der Waals surface area contributed by atoms with Crippen molar-refractivity contribution in [3.05, 3.63) is 17.5 Å². The van der Waals surface area contributed by atoms with Crippen molar-refractivity contribution in [2.24, 2.45) is 4.99 Å². The minimum Gasteiger partial charge on any atom is -0.357 e. The van der Waals surface area contributed by atoms with E-state index in [2.05, 4.69) is 33.7 Å². The van der Waals surface area contributed by atoms with E-state index in [9.17, 15) is 4.79 Å². The Morgan fingerprint density at radius 3 is 2.62 bits per heavy atom. The van der Waals surface area contributed by atoms with Crippen molar-refractivity contribution in [3.63, 3.8) is 0 Å². The van der Waals surface area contributed by atoms with Gasteiger partial charge in [0.25, 0.3) is 0 Å². The minimum absolute atomic E-state index is 0. The summed E-state index contributed by atoms with van der Waals surface area (Å²) in [6.07, 6.45) is 3.73. The summed E-state index contributed by atoms with van der Waals surface area (Å²) in [7, 11) is 0. The maximum Gasteiger partial charge on any atom is 0.224 e. The average molecular weight is 476 g/mol. The Labute approximate surface area is 174 Å². The Balaban J connectivity index is 0.00000338. The fraction of sp³-hybridized carbons (Fsp3) is 0.722. The van der Waals surface area contributed by atoms with Crippen molar-refractivity contribution >= 4 is 35.8 Å². The standard InChI is InChI=1S/C18H32N6O.HI/c1-4-19-18(21-10-8-17(25)23-11-5-6-12-23)20-9-7-13-24-16(3)14-15(2)22-24;/h14H,4-13H2,1-3H3,(H2,19,20,21);1H. The molecule has 1 saturated heterocycles. The van der Waals surface area contributed by atoms with Crippen molar-refractivity contribution in [1.29, 1.82) is 0 Å². The zero-order valence-electron chi connectivity index (χ0n) is 16.3. The molecule has 0 unspecified atom stereocenters. The van der Waals surface area contributed by atoms with Crippen molar-refractivity contribution in [2.45, 2.75) is 53.0 Å². The number of hydrogen-bond acceptors (Lipinski definition) is 3. The lowest BCUT2D eigenvalue weighted by Crippen LogP contribution is -2.39. The molecule has 1 aliphatic heterocycles. The van der Waals surface area contributed by atoms with Crippen LogP contribution in [0.2, 0.25) is 0 Å². The summed E-state index contributed by atoms with van der Waals surface area (Å²) in [5.74, 6) is 1.02. The number of halogens is 1. The number of guanidine groups is 1. The van der Waals surface area contributed by atoms with Crippen molar-refractivity contribution in [2.75, 3.05) is 32.7 Å². The topological polar surface area (TPSA) is 74.5 Å². The first kappa shape index (κ1) is 22.7. The maximum absolute atomic E-state index is 12.1. The summed E-state index contributed by atoms with van der Waals surface area (Å²) in [4.78, 5) is 18.6. The maximum atomic E-state index is 12.1. The van der Waals surface area contributed by atoms with E-state index < -0.39 is 0 Å². The number of nitrogens with zero attached hydrogens (tertiary/aromatic N) is 4. The van der Waals surface area contributed by atoms with Gasteiger partial charge in [-0.15, -0.1) is 24.0 Å². The molecule has 1 aliphatic rings. The first-order valence-corrected chi connectivity index (χ1v) is 9.41. The average Bonchev–Trinajstić information content (AvgIpc) is 3.21. The quantitative estimate of drug-likeness (QED) is 0.261. The van der Waals surface area contributed by atoms with Crippen LogP contribution in [-0.2, 0) is 11.3 Å². The molecule has 1 fully saturated rings. The second-order valence-electron chi connectivity index (χ2n) is 6.53. The third-order valence-corrected chi connectivity index (χ3v) is 4.34. The van der Waals surface area contributed by atoms with E-state index in [0.29, 0.717) is 13.0 Å². The Kier molecular flexibility index (Phi) is 10.6. The molecule has 26 heavy (non-hydrogen) atoms. The Morgan fingerprint density at radius 2 is 2.00 bits per heavy atom. The first-order valence-electron chi connectivity index (χ1n) is 9.41. The van der Waals surface area contributed by atoms with E-state index in [1.807, 2.05) is 23.4 Å². The fourth-order valence-electron chi connectivity index (χ4n) is 3.07. The lowest BCUT2D eigenvalue weighted by atomic mass is 10.3. The highest BCUT2D eigenvalue weighted by Crippen LogP contribution is 2.08. The van der Waals surface area contributed by atoms with Crippen LogP contribution in [0, 0.1) is 13.8 Å². The molecule has 0 aliphatic carbocycles. The number of aliphatic imine (C=N–C) groups is 1. The molecule has 7 nitrogen and oxygen atoms in total. The van der Waals surface area contributed by atoms with Gasteiger partial charge in [0.1, 0.15) is 0 Å². The highest BCUT2D eigenvalue weighted by Gasteiger charge is 2.17. The van der Waals surface area contributed by atoms with Gasteiger partial charge in [-0.05, 0) is 46.1 Å². The van der Waals surface area contributed by atoms with Crippen LogP contribution < -0.4 is 10.6 Å². The van der Waals surface area contributed by atoms with Gasteiger partial charge in [0.15, 0.2) is 5.96 Å². The molecule has 0 saturated carbocycles. The molecule has 0 bridgehead atoms. The minimum atomic E-state index is 0. The van der Waals surface area contributed by atoms with Gasteiger partial charge in [0.2, 0.25) is 5.91 Å². The Hall–Kier alpha value is -1.32. The van der Waals surface area contributed by atoms with Crippen LogP contribution in [-0.4, -0.2) is 59.3 Å². The summed E-state index contributed by atoms with van der Waals surface area (Å²) in [6.45, 7) is 11.0. The molecule has 2 heterocycles. The van der Waals surface area contributed by atoms with Crippen LogP contribution in [0.5, 0.6) is 0 Å². The number of carbonyl (C=O) groups is 1.